The van der Waals surface area contributed by atoms with Crippen LogP contribution in [0.4, 0.5) is 0 Å². The summed E-state index contributed by atoms with van der Waals surface area (Å²) in [5, 5.41) is 18.0. The molecule has 0 unspecified atom stereocenters. The molecule has 0 aliphatic carbocycles. The molecular formula is C14H13NO4. The summed E-state index contributed by atoms with van der Waals surface area (Å²) in [5.41, 5.74) is 1.17. The number of aromatic carboxylic acids is 1. The molecule has 0 bridgehead atoms. The standard InChI is InChI=1S/C14H13NO4/c16-9-11-6-4-10(5-7-11)8-15-12(14(18)19)2-1-3-13(15)17/h1-7,16H,8-9H2,(H,18,19). The predicted octanol–water partition coefficient (Wildman–Crippen LogP) is 1.09. The van der Waals surface area contributed by atoms with Crippen LogP contribution in [0.3, 0.4) is 0 Å². The molecule has 1 aromatic heterocycles. The Morgan fingerprint density at radius 1 is 1.05 bits per heavy atom. The van der Waals surface area contributed by atoms with E-state index >= 15 is 0 Å². The molecule has 98 valence electrons. The molecule has 0 aliphatic heterocycles. The van der Waals surface area contributed by atoms with E-state index < -0.39 is 5.97 Å². The molecule has 5 nitrogen and oxygen atoms in total. The number of aliphatic hydroxyl groups is 1. The van der Waals surface area contributed by atoms with Gasteiger partial charge in [0.05, 0.1) is 13.2 Å². The van der Waals surface area contributed by atoms with Crippen molar-refractivity contribution in [2.24, 2.45) is 0 Å². The number of rotatable bonds is 4. The first-order chi connectivity index (χ1) is 9.11. The smallest absolute Gasteiger partial charge is 0.352 e. The second-order valence-corrected chi connectivity index (χ2v) is 4.12. The SMILES string of the molecule is O=C(O)c1cccc(=O)n1Cc1ccc(CO)cc1. The Morgan fingerprint density at radius 3 is 2.26 bits per heavy atom. The number of hydrogen-bond donors (Lipinski definition) is 2. The maximum atomic E-state index is 11.7. The molecule has 0 radical (unpaired) electrons. The zero-order valence-corrected chi connectivity index (χ0v) is 10.1. The van der Waals surface area contributed by atoms with E-state index in [1.165, 1.54) is 22.8 Å². The van der Waals surface area contributed by atoms with Gasteiger partial charge < -0.3 is 10.2 Å². The minimum Gasteiger partial charge on any atom is -0.477 e. The van der Waals surface area contributed by atoms with Crippen LogP contribution in [0.1, 0.15) is 21.6 Å². The monoisotopic (exact) mass is 259 g/mol. The van der Waals surface area contributed by atoms with Crippen LogP contribution in [-0.4, -0.2) is 20.7 Å². The molecule has 0 amide bonds. The van der Waals surface area contributed by atoms with E-state index in [0.717, 1.165) is 11.1 Å². The molecule has 1 heterocycles. The highest BCUT2D eigenvalue weighted by molar-refractivity contribution is 5.85. The fourth-order valence-electron chi connectivity index (χ4n) is 1.80. The number of carbonyl (C=O) groups is 1. The Bertz CT molecular complexity index is 643. The number of benzene rings is 1. The van der Waals surface area contributed by atoms with Gasteiger partial charge in [-0.15, -0.1) is 0 Å². The van der Waals surface area contributed by atoms with Crippen LogP contribution in [-0.2, 0) is 13.2 Å². The van der Waals surface area contributed by atoms with Gasteiger partial charge in [0.15, 0.2) is 0 Å². The van der Waals surface area contributed by atoms with Crippen LogP contribution in [0.25, 0.3) is 0 Å². The fourth-order valence-corrected chi connectivity index (χ4v) is 1.80. The van der Waals surface area contributed by atoms with Crippen molar-refractivity contribution in [3.63, 3.8) is 0 Å². The summed E-state index contributed by atoms with van der Waals surface area (Å²) in [6.07, 6.45) is 0. The minimum absolute atomic E-state index is 0.0428. The van der Waals surface area contributed by atoms with E-state index in [4.69, 9.17) is 10.2 Å². The first-order valence-electron chi connectivity index (χ1n) is 5.73. The number of nitrogens with zero attached hydrogens (tertiary/aromatic N) is 1. The molecule has 0 fully saturated rings. The second-order valence-electron chi connectivity index (χ2n) is 4.12. The van der Waals surface area contributed by atoms with Crippen molar-refractivity contribution < 1.29 is 15.0 Å². The van der Waals surface area contributed by atoms with Crippen molar-refractivity contribution in [3.05, 3.63) is 69.6 Å². The van der Waals surface area contributed by atoms with Crippen molar-refractivity contribution in [2.45, 2.75) is 13.2 Å². The minimum atomic E-state index is -1.13. The Balaban J connectivity index is 2.37. The van der Waals surface area contributed by atoms with Crippen LogP contribution in [0.2, 0.25) is 0 Å². The normalized spacial score (nSPS) is 10.4. The number of carboxylic acid groups (broad SMARTS) is 1. The topological polar surface area (TPSA) is 79.5 Å². The molecule has 0 atom stereocenters. The number of carboxylic acids is 1. The number of hydrogen-bond acceptors (Lipinski definition) is 3. The molecule has 0 aliphatic rings. The molecule has 5 heteroatoms. The van der Waals surface area contributed by atoms with E-state index in [1.807, 2.05) is 0 Å². The third-order valence-corrected chi connectivity index (χ3v) is 2.82. The van der Waals surface area contributed by atoms with Gasteiger partial charge in [-0.25, -0.2) is 4.79 Å². The Hall–Kier alpha value is -2.40. The molecule has 0 spiro atoms. The summed E-state index contributed by atoms with van der Waals surface area (Å²) in [5.74, 6) is -1.13. The lowest BCUT2D eigenvalue weighted by Crippen LogP contribution is -2.25. The second kappa shape index (κ2) is 5.49. The summed E-state index contributed by atoms with van der Waals surface area (Å²) in [4.78, 5) is 22.8. The van der Waals surface area contributed by atoms with Crippen LogP contribution in [0.15, 0.2) is 47.3 Å². The highest BCUT2D eigenvalue weighted by Crippen LogP contribution is 2.07. The van der Waals surface area contributed by atoms with E-state index in [2.05, 4.69) is 0 Å². The maximum absolute atomic E-state index is 11.7. The van der Waals surface area contributed by atoms with Crippen LogP contribution >= 0.6 is 0 Å². The van der Waals surface area contributed by atoms with E-state index in [0.29, 0.717) is 0 Å². The van der Waals surface area contributed by atoms with Gasteiger partial charge in [-0.05, 0) is 17.2 Å². The van der Waals surface area contributed by atoms with Crippen molar-refractivity contribution in [1.82, 2.24) is 4.57 Å². The van der Waals surface area contributed by atoms with E-state index in [-0.39, 0.29) is 24.4 Å². The van der Waals surface area contributed by atoms with Gasteiger partial charge in [-0.1, -0.05) is 30.3 Å². The van der Waals surface area contributed by atoms with Gasteiger partial charge in [-0.2, -0.15) is 0 Å². The van der Waals surface area contributed by atoms with Gasteiger partial charge >= 0.3 is 5.97 Å². The predicted molar refractivity (Wildman–Crippen MR) is 69.1 cm³/mol. The summed E-state index contributed by atoms with van der Waals surface area (Å²) in [6, 6.07) is 11.2. The molecule has 2 N–H and O–H groups in total. The van der Waals surface area contributed by atoms with Crippen molar-refractivity contribution in [2.75, 3.05) is 0 Å². The van der Waals surface area contributed by atoms with Gasteiger partial charge in [-0.3, -0.25) is 9.36 Å². The van der Waals surface area contributed by atoms with E-state index in [1.54, 1.807) is 24.3 Å². The molecule has 1 aromatic carbocycles. The van der Waals surface area contributed by atoms with Crippen LogP contribution < -0.4 is 5.56 Å². The summed E-state index contributed by atoms with van der Waals surface area (Å²) in [7, 11) is 0. The number of aliphatic hydroxyl groups excluding tert-OH is 1. The van der Waals surface area contributed by atoms with Crippen LogP contribution in [0, 0.1) is 0 Å². The average Bonchev–Trinajstić information content (AvgIpc) is 2.41. The highest BCUT2D eigenvalue weighted by atomic mass is 16.4. The first-order valence-corrected chi connectivity index (χ1v) is 5.73. The van der Waals surface area contributed by atoms with Gasteiger partial charge in [0, 0.05) is 6.07 Å². The Morgan fingerprint density at radius 2 is 1.68 bits per heavy atom. The number of pyridine rings is 1. The average molecular weight is 259 g/mol. The molecular weight excluding hydrogens is 246 g/mol. The quantitative estimate of drug-likeness (QED) is 0.861. The Labute approximate surface area is 109 Å². The fraction of sp³-hybridized carbons (Fsp3) is 0.143. The third kappa shape index (κ3) is 2.89. The molecule has 19 heavy (non-hydrogen) atoms. The van der Waals surface area contributed by atoms with Gasteiger partial charge in [0.25, 0.3) is 5.56 Å². The summed E-state index contributed by atoms with van der Waals surface area (Å²) in [6.45, 7) is 0.138. The van der Waals surface area contributed by atoms with Crippen LogP contribution in [0.5, 0.6) is 0 Å². The van der Waals surface area contributed by atoms with Gasteiger partial charge in [0.2, 0.25) is 0 Å². The maximum Gasteiger partial charge on any atom is 0.352 e. The Kier molecular flexibility index (Phi) is 3.77. The summed E-state index contributed by atoms with van der Waals surface area (Å²) < 4.78 is 1.20. The summed E-state index contributed by atoms with van der Waals surface area (Å²) >= 11 is 0. The highest BCUT2D eigenvalue weighted by Gasteiger charge is 2.10. The van der Waals surface area contributed by atoms with Gasteiger partial charge in [0.1, 0.15) is 5.69 Å². The zero-order valence-electron chi connectivity index (χ0n) is 10.1. The van der Waals surface area contributed by atoms with Crippen molar-refractivity contribution in [3.8, 4) is 0 Å². The first kappa shape index (κ1) is 13.0. The zero-order chi connectivity index (χ0) is 13.8. The van der Waals surface area contributed by atoms with E-state index in [9.17, 15) is 9.59 Å². The molecule has 0 saturated heterocycles. The van der Waals surface area contributed by atoms with Crippen molar-refractivity contribution >= 4 is 5.97 Å². The molecule has 2 aromatic rings. The number of aromatic nitrogens is 1. The lowest BCUT2D eigenvalue weighted by Gasteiger charge is -2.09. The molecule has 0 saturated carbocycles. The largest absolute Gasteiger partial charge is 0.477 e. The molecule has 2 rings (SSSR count). The lowest BCUT2D eigenvalue weighted by molar-refractivity contribution is 0.0684. The third-order valence-electron chi connectivity index (χ3n) is 2.82. The lowest BCUT2D eigenvalue weighted by atomic mass is 10.1. The van der Waals surface area contributed by atoms with Crippen molar-refractivity contribution in [1.29, 1.82) is 0 Å².